The van der Waals surface area contributed by atoms with Gasteiger partial charge < -0.3 is 0 Å². The molecule has 3 heteroatoms. The van der Waals surface area contributed by atoms with Crippen molar-refractivity contribution in [1.29, 1.82) is 4.78 Å². The molecule has 1 fully saturated rings. The zero-order chi connectivity index (χ0) is 7.61. The maximum Gasteiger partial charge on any atom is 0.0441 e. The number of nitrogens with one attached hydrogen (secondary N) is 1. The molecule has 0 spiro atoms. The van der Waals surface area contributed by atoms with Crippen molar-refractivity contribution in [2.45, 2.75) is 37.4 Å². The summed E-state index contributed by atoms with van der Waals surface area (Å²) in [5.41, 5.74) is 0. The van der Waals surface area contributed by atoms with Gasteiger partial charge in [-0.05, 0) is 12.8 Å². The Balaban J connectivity index is 2.56. The van der Waals surface area contributed by atoms with E-state index >= 15 is 0 Å². The van der Waals surface area contributed by atoms with E-state index in [4.69, 9.17) is 4.78 Å². The number of hydrogen-bond donors (Lipinski definition) is 1. The van der Waals surface area contributed by atoms with Crippen LogP contribution in [-0.4, -0.2) is 15.7 Å². The molecule has 1 rings (SSSR count). The monoisotopic (exact) mass is 161 g/mol. The molecule has 0 radical (unpaired) electrons. The minimum atomic E-state index is -2.23. The largest absolute Gasteiger partial charge is 0.253 e. The molecule has 0 heterocycles. The van der Waals surface area contributed by atoms with Crippen LogP contribution in [0.3, 0.4) is 0 Å². The SMILES string of the molecule is C[S@@](=N)(=O)C1CCCCC1. The molecule has 2 nitrogen and oxygen atoms in total. The Bertz CT molecular complexity index is 190. The summed E-state index contributed by atoms with van der Waals surface area (Å²) in [6, 6.07) is 0. The summed E-state index contributed by atoms with van der Waals surface area (Å²) >= 11 is 0. The third-order valence-electron chi connectivity index (χ3n) is 2.19. The van der Waals surface area contributed by atoms with Crippen molar-refractivity contribution in [3.05, 3.63) is 0 Å². The Hall–Kier alpha value is -0.0500. The summed E-state index contributed by atoms with van der Waals surface area (Å²) in [4.78, 5) is 0. The molecule has 0 aromatic carbocycles. The Morgan fingerprint density at radius 3 is 2.10 bits per heavy atom. The smallest absolute Gasteiger partial charge is 0.0441 e. The second-order valence-corrected chi connectivity index (χ2v) is 5.64. The van der Waals surface area contributed by atoms with Gasteiger partial charge in [0.1, 0.15) is 0 Å². The van der Waals surface area contributed by atoms with Crippen molar-refractivity contribution in [2.24, 2.45) is 0 Å². The van der Waals surface area contributed by atoms with E-state index in [0.717, 1.165) is 12.8 Å². The fourth-order valence-electron chi connectivity index (χ4n) is 1.51. The van der Waals surface area contributed by atoms with Crippen LogP contribution in [0.15, 0.2) is 0 Å². The Morgan fingerprint density at radius 2 is 1.80 bits per heavy atom. The van der Waals surface area contributed by atoms with Crippen LogP contribution >= 0.6 is 0 Å². The van der Waals surface area contributed by atoms with Gasteiger partial charge in [-0.1, -0.05) is 19.3 Å². The van der Waals surface area contributed by atoms with Crippen LogP contribution in [0, 0.1) is 4.78 Å². The molecule has 0 bridgehead atoms. The van der Waals surface area contributed by atoms with Gasteiger partial charge in [-0.3, -0.25) is 4.78 Å². The third-order valence-corrected chi connectivity index (χ3v) is 3.93. The molecule has 0 amide bonds. The molecule has 60 valence electrons. The van der Waals surface area contributed by atoms with Crippen molar-refractivity contribution in [1.82, 2.24) is 0 Å². The van der Waals surface area contributed by atoms with Crippen LogP contribution in [0.2, 0.25) is 0 Å². The van der Waals surface area contributed by atoms with E-state index in [9.17, 15) is 4.21 Å². The average molecular weight is 161 g/mol. The van der Waals surface area contributed by atoms with Crippen LogP contribution in [0.4, 0.5) is 0 Å². The molecule has 0 aromatic heterocycles. The third kappa shape index (κ3) is 1.97. The van der Waals surface area contributed by atoms with Gasteiger partial charge in [-0.15, -0.1) is 0 Å². The van der Waals surface area contributed by atoms with Crippen molar-refractivity contribution >= 4 is 9.73 Å². The number of hydrogen-bond acceptors (Lipinski definition) is 2. The molecule has 1 saturated carbocycles. The van der Waals surface area contributed by atoms with E-state index in [2.05, 4.69) is 0 Å². The molecule has 0 aliphatic heterocycles. The Morgan fingerprint density at radius 1 is 1.30 bits per heavy atom. The maximum atomic E-state index is 11.2. The Kier molecular flexibility index (Phi) is 2.34. The minimum Gasteiger partial charge on any atom is -0.253 e. The van der Waals surface area contributed by atoms with Gasteiger partial charge in [0.05, 0.1) is 0 Å². The molecule has 0 unspecified atom stereocenters. The van der Waals surface area contributed by atoms with Gasteiger partial charge in [0.25, 0.3) is 0 Å². The summed E-state index contributed by atoms with van der Waals surface area (Å²) in [6.45, 7) is 0. The number of rotatable bonds is 1. The topological polar surface area (TPSA) is 40.9 Å². The van der Waals surface area contributed by atoms with Crippen molar-refractivity contribution in [2.75, 3.05) is 6.26 Å². The van der Waals surface area contributed by atoms with Crippen LogP contribution in [0.5, 0.6) is 0 Å². The van der Waals surface area contributed by atoms with Crippen LogP contribution in [-0.2, 0) is 9.73 Å². The minimum absolute atomic E-state index is 0.196. The van der Waals surface area contributed by atoms with E-state index in [0.29, 0.717) is 0 Å². The molecule has 1 aliphatic rings. The lowest BCUT2D eigenvalue weighted by molar-refractivity contribution is 0.502. The van der Waals surface area contributed by atoms with Gasteiger partial charge in [0.15, 0.2) is 0 Å². The van der Waals surface area contributed by atoms with Gasteiger partial charge in [0, 0.05) is 21.2 Å². The maximum absolute atomic E-state index is 11.2. The highest BCUT2D eigenvalue weighted by Gasteiger charge is 2.19. The summed E-state index contributed by atoms with van der Waals surface area (Å²) in [6.07, 6.45) is 7.22. The fraction of sp³-hybridized carbons (Fsp3) is 1.00. The summed E-state index contributed by atoms with van der Waals surface area (Å²) in [5.74, 6) is 0. The van der Waals surface area contributed by atoms with Crippen molar-refractivity contribution in [3.8, 4) is 0 Å². The lowest BCUT2D eigenvalue weighted by atomic mass is 10.0. The van der Waals surface area contributed by atoms with E-state index < -0.39 is 9.73 Å². The molecule has 10 heavy (non-hydrogen) atoms. The first kappa shape index (κ1) is 8.05. The van der Waals surface area contributed by atoms with Crippen molar-refractivity contribution < 1.29 is 4.21 Å². The van der Waals surface area contributed by atoms with Crippen molar-refractivity contribution in [3.63, 3.8) is 0 Å². The van der Waals surface area contributed by atoms with Gasteiger partial charge in [-0.2, -0.15) is 0 Å². The van der Waals surface area contributed by atoms with Crippen LogP contribution in [0.1, 0.15) is 32.1 Å². The molecular formula is C7H15NOS. The highest BCUT2D eigenvalue weighted by Crippen LogP contribution is 2.23. The van der Waals surface area contributed by atoms with E-state index in [1.807, 2.05) is 0 Å². The first-order valence-electron chi connectivity index (χ1n) is 3.83. The standard InChI is InChI=1S/C7H15NOS/c1-10(8,9)7-5-3-2-4-6-7/h7-8H,2-6H2,1H3/t10-/m1/s1. The van der Waals surface area contributed by atoms with Crippen LogP contribution < -0.4 is 0 Å². The highest BCUT2D eigenvalue weighted by molar-refractivity contribution is 7.92. The molecule has 1 atom stereocenters. The summed E-state index contributed by atoms with van der Waals surface area (Å²) in [7, 11) is -2.23. The predicted octanol–water partition coefficient (Wildman–Crippen LogP) is 2.00. The van der Waals surface area contributed by atoms with E-state index in [1.165, 1.54) is 19.3 Å². The predicted molar refractivity (Wildman–Crippen MR) is 43.7 cm³/mol. The summed E-state index contributed by atoms with van der Waals surface area (Å²) < 4.78 is 18.6. The molecular weight excluding hydrogens is 146 g/mol. The lowest BCUT2D eigenvalue weighted by Gasteiger charge is -2.21. The first-order chi connectivity index (χ1) is 4.61. The molecule has 1 N–H and O–H groups in total. The van der Waals surface area contributed by atoms with Gasteiger partial charge >= 0.3 is 0 Å². The molecule has 0 aromatic rings. The van der Waals surface area contributed by atoms with Gasteiger partial charge in [-0.25, -0.2) is 4.21 Å². The summed E-state index contributed by atoms with van der Waals surface area (Å²) in [5, 5.41) is 0.196. The van der Waals surface area contributed by atoms with E-state index in [-0.39, 0.29) is 5.25 Å². The average Bonchev–Trinajstić information content (AvgIpc) is 1.88. The quantitative estimate of drug-likeness (QED) is 0.628. The normalized spacial score (nSPS) is 27.7. The second kappa shape index (κ2) is 2.91. The molecule has 1 aliphatic carbocycles. The first-order valence-corrected chi connectivity index (χ1v) is 5.86. The fourth-order valence-corrected chi connectivity index (χ4v) is 2.75. The van der Waals surface area contributed by atoms with E-state index in [1.54, 1.807) is 6.26 Å². The van der Waals surface area contributed by atoms with Gasteiger partial charge in [0.2, 0.25) is 0 Å². The van der Waals surface area contributed by atoms with Crippen LogP contribution in [0.25, 0.3) is 0 Å². The zero-order valence-electron chi connectivity index (χ0n) is 6.43. The Labute approximate surface area is 63.0 Å². The molecule has 0 saturated heterocycles. The second-order valence-electron chi connectivity index (χ2n) is 3.16. The zero-order valence-corrected chi connectivity index (χ0v) is 7.25. The highest BCUT2D eigenvalue weighted by atomic mass is 32.2. The lowest BCUT2D eigenvalue weighted by Crippen LogP contribution is -2.21.